The molecule has 1 N–H and O–H groups in total. The number of nitrogens with zero attached hydrogens (tertiary/aromatic N) is 1. The number of benzene rings is 1. The third kappa shape index (κ3) is 2.94. The summed E-state index contributed by atoms with van der Waals surface area (Å²) in [6.07, 6.45) is 1.73. The summed E-state index contributed by atoms with van der Waals surface area (Å²) < 4.78 is 0. The van der Waals surface area contributed by atoms with Gasteiger partial charge in [0.05, 0.1) is 0 Å². The quantitative estimate of drug-likeness (QED) is 0.875. The third-order valence-corrected chi connectivity index (χ3v) is 2.64. The minimum atomic E-state index is -0.127. The van der Waals surface area contributed by atoms with Crippen molar-refractivity contribution in [1.29, 1.82) is 0 Å². The molecule has 3 nitrogen and oxygen atoms in total. The SMILES string of the molecule is Cc1ccc(NC(=O)c2cc(C)cc(C)c2)nc1. The first-order chi connectivity index (χ1) is 8.54. The molecule has 2 aromatic rings. The molecule has 3 heteroatoms. The van der Waals surface area contributed by atoms with Crippen LogP contribution in [0.3, 0.4) is 0 Å². The minimum absolute atomic E-state index is 0.127. The molecule has 0 unspecified atom stereocenters. The Bertz CT molecular complexity index is 553. The summed E-state index contributed by atoms with van der Waals surface area (Å²) in [5, 5.41) is 2.79. The molecule has 0 aliphatic heterocycles. The standard InChI is InChI=1S/C15H16N2O/c1-10-4-5-14(16-9-10)17-15(18)13-7-11(2)6-12(3)8-13/h4-9H,1-3H3,(H,16,17,18). The zero-order chi connectivity index (χ0) is 13.1. The van der Waals surface area contributed by atoms with Crippen LogP contribution in [0, 0.1) is 20.8 Å². The Morgan fingerprint density at radius 3 is 2.22 bits per heavy atom. The van der Waals surface area contributed by atoms with Crippen molar-refractivity contribution in [2.75, 3.05) is 5.32 Å². The van der Waals surface area contributed by atoms with Gasteiger partial charge >= 0.3 is 0 Å². The maximum atomic E-state index is 12.1. The Morgan fingerprint density at radius 1 is 1.00 bits per heavy atom. The predicted octanol–water partition coefficient (Wildman–Crippen LogP) is 3.26. The van der Waals surface area contributed by atoms with Gasteiger partial charge in [-0.2, -0.15) is 0 Å². The molecule has 0 saturated heterocycles. The number of carbonyl (C=O) groups excluding carboxylic acids is 1. The molecule has 0 aliphatic rings. The van der Waals surface area contributed by atoms with E-state index in [1.54, 1.807) is 12.3 Å². The Morgan fingerprint density at radius 2 is 1.67 bits per heavy atom. The molecule has 18 heavy (non-hydrogen) atoms. The summed E-state index contributed by atoms with van der Waals surface area (Å²) >= 11 is 0. The number of carbonyl (C=O) groups is 1. The zero-order valence-electron chi connectivity index (χ0n) is 10.8. The smallest absolute Gasteiger partial charge is 0.256 e. The summed E-state index contributed by atoms with van der Waals surface area (Å²) in [4.78, 5) is 16.2. The largest absolute Gasteiger partial charge is 0.307 e. The fourth-order valence-electron chi connectivity index (χ4n) is 1.84. The van der Waals surface area contributed by atoms with Gasteiger partial charge in [-0.25, -0.2) is 4.98 Å². The van der Waals surface area contributed by atoms with Crippen LogP contribution in [-0.2, 0) is 0 Å². The van der Waals surface area contributed by atoms with E-state index in [-0.39, 0.29) is 5.91 Å². The molecule has 1 amide bonds. The highest BCUT2D eigenvalue weighted by molar-refractivity contribution is 6.04. The highest BCUT2D eigenvalue weighted by Gasteiger charge is 2.07. The monoisotopic (exact) mass is 240 g/mol. The van der Waals surface area contributed by atoms with Crippen LogP contribution in [0.1, 0.15) is 27.0 Å². The van der Waals surface area contributed by atoms with Gasteiger partial charge in [0.15, 0.2) is 0 Å². The molecule has 0 bridgehead atoms. The summed E-state index contributed by atoms with van der Waals surface area (Å²) in [7, 11) is 0. The van der Waals surface area contributed by atoms with E-state index in [2.05, 4.69) is 10.3 Å². The average Bonchev–Trinajstić information content (AvgIpc) is 2.31. The van der Waals surface area contributed by atoms with E-state index in [9.17, 15) is 4.79 Å². The molecular weight excluding hydrogens is 224 g/mol. The van der Waals surface area contributed by atoms with Crippen molar-refractivity contribution >= 4 is 11.7 Å². The second-order valence-corrected chi connectivity index (χ2v) is 4.55. The average molecular weight is 240 g/mol. The second-order valence-electron chi connectivity index (χ2n) is 4.55. The van der Waals surface area contributed by atoms with Crippen molar-refractivity contribution < 1.29 is 4.79 Å². The van der Waals surface area contributed by atoms with E-state index in [0.717, 1.165) is 16.7 Å². The van der Waals surface area contributed by atoms with Crippen molar-refractivity contribution in [1.82, 2.24) is 4.98 Å². The van der Waals surface area contributed by atoms with Crippen molar-refractivity contribution in [2.24, 2.45) is 0 Å². The number of aromatic nitrogens is 1. The van der Waals surface area contributed by atoms with Crippen LogP contribution in [0.25, 0.3) is 0 Å². The van der Waals surface area contributed by atoms with Crippen LogP contribution >= 0.6 is 0 Å². The second kappa shape index (κ2) is 5.00. The highest BCUT2D eigenvalue weighted by Crippen LogP contribution is 2.11. The number of hydrogen-bond acceptors (Lipinski definition) is 2. The van der Waals surface area contributed by atoms with Gasteiger partial charge in [0, 0.05) is 11.8 Å². The molecule has 1 heterocycles. The van der Waals surface area contributed by atoms with E-state index < -0.39 is 0 Å². The molecule has 1 aromatic heterocycles. The first-order valence-corrected chi connectivity index (χ1v) is 5.87. The van der Waals surface area contributed by atoms with E-state index in [1.807, 2.05) is 45.0 Å². The van der Waals surface area contributed by atoms with E-state index >= 15 is 0 Å². The van der Waals surface area contributed by atoms with Crippen molar-refractivity contribution in [3.05, 3.63) is 58.8 Å². The summed E-state index contributed by atoms with van der Waals surface area (Å²) in [5.41, 5.74) is 3.89. The van der Waals surface area contributed by atoms with Gasteiger partial charge in [-0.05, 0) is 44.5 Å². The van der Waals surface area contributed by atoms with Gasteiger partial charge in [-0.1, -0.05) is 23.3 Å². The van der Waals surface area contributed by atoms with E-state index in [4.69, 9.17) is 0 Å². The van der Waals surface area contributed by atoms with Crippen molar-refractivity contribution in [3.63, 3.8) is 0 Å². The number of amides is 1. The number of nitrogens with one attached hydrogen (secondary N) is 1. The lowest BCUT2D eigenvalue weighted by atomic mass is 10.1. The molecular formula is C15H16N2O. The van der Waals surface area contributed by atoms with Gasteiger partial charge in [-0.3, -0.25) is 4.79 Å². The van der Waals surface area contributed by atoms with Gasteiger partial charge in [0.2, 0.25) is 0 Å². The normalized spacial score (nSPS) is 10.2. The Labute approximate surface area is 107 Å². The zero-order valence-corrected chi connectivity index (χ0v) is 10.8. The first-order valence-electron chi connectivity index (χ1n) is 5.87. The molecule has 92 valence electrons. The number of rotatable bonds is 2. The lowest BCUT2D eigenvalue weighted by Gasteiger charge is -2.06. The number of hydrogen-bond donors (Lipinski definition) is 1. The van der Waals surface area contributed by atoms with Crippen LogP contribution in [0.4, 0.5) is 5.82 Å². The lowest BCUT2D eigenvalue weighted by Crippen LogP contribution is -2.13. The van der Waals surface area contributed by atoms with Crippen LogP contribution in [-0.4, -0.2) is 10.9 Å². The minimum Gasteiger partial charge on any atom is -0.307 e. The summed E-state index contributed by atoms with van der Waals surface area (Å²) in [5.74, 6) is 0.447. The predicted molar refractivity (Wildman–Crippen MR) is 72.8 cm³/mol. The van der Waals surface area contributed by atoms with E-state index in [1.165, 1.54) is 0 Å². The van der Waals surface area contributed by atoms with E-state index in [0.29, 0.717) is 11.4 Å². The van der Waals surface area contributed by atoms with Crippen LogP contribution in [0.15, 0.2) is 36.5 Å². The van der Waals surface area contributed by atoms with Gasteiger partial charge < -0.3 is 5.32 Å². The Kier molecular flexibility index (Phi) is 3.42. The topological polar surface area (TPSA) is 42.0 Å². The third-order valence-electron chi connectivity index (χ3n) is 2.64. The van der Waals surface area contributed by atoms with Gasteiger partial charge in [-0.15, -0.1) is 0 Å². The maximum absolute atomic E-state index is 12.1. The van der Waals surface area contributed by atoms with Crippen molar-refractivity contribution in [2.45, 2.75) is 20.8 Å². The van der Waals surface area contributed by atoms with Crippen molar-refractivity contribution in [3.8, 4) is 0 Å². The van der Waals surface area contributed by atoms with Gasteiger partial charge in [0.25, 0.3) is 5.91 Å². The fraction of sp³-hybridized carbons (Fsp3) is 0.200. The fourth-order valence-corrected chi connectivity index (χ4v) is 1.84. The molecule has 0 atom stereocenters. The highest BCUT2D eigenvalue weighted by atomic mass is 16.1. The Hall–Kier alpha value is -2.16. The van der Waals surface area contributed by atoms with Gasteiger partial charge in [0.1, 0.15) is 5.82 Å². The van der Waals surface area contributed by atoms with Crippen LogP contribution < -0.4 is 5.32 Å². The summed E-state index contributed by atoms with van der Waals surface area (Å²) in [6.45, 7) is 5.92. The molecule has 0 spiro atoms. The number of pyridine rings is 1. The lowest BCUT2D eigenvalue weighted by molar-refractivity contribution is 0.102. The van der Waals surface area contributed by atoms with Crippen LogP contribution in [0.2, 0.25) is 0 Å². The molecule has 0 fully saturated rings. The first kappa shape index (κ1) is 12.3. The molecule has 0 aliphatic carbocycles. The number of aryl methyl sites for hydroxylation is 3. The summed E-state index contributed by atoms with van der Waals surface area (Å²) in [6, 6.07) is 9.51. The molecule has 1 aromatic carbocycles. The Balaban J connectivity index is 2.19. The molecule has 2 rings (SSSR count). The molecule has 0 radical (unpaired) electrons. The number of anilines is 1. The van der Waals surface area contributed by atoms with Crippen LogP contribution in [0.5, 0.6) is 0 Å². The maximum Gasteiger partial charge on any atom is 0.256 e. The molecule has 0 saturated carbocycles.